The number of rotatable bonds is 6. The number of benzene rings is 1. The van der Waals surface area contributed by atoms with Crippen LogP contribution < -0.4 is 10.1 Å². The lowest BCUT2D eigenvalue weighted by Gasteiger charge is -2.17. The number of aromatic nitrogens is 2. The van der Waals surface area contributed by atoms with Gasteiger partial charge in [-0.3, -0.25) is 0 Å². The number of methoxy groups -OCH3 is 1. The lowest BCUT2D eigenvalue weighted by atomic mass is 10.1. The van der Waals surface area contributed by atoms with Crippen LogP contribution in [0.25, 0.3) is 0 Å². The SMILES string of the molecule is CCCNc1nc(C)cn1C(C)c1ccc(OC)cc1. The van der Waals surface area contributed by atoms with Gasteiger partial charge in [0.05, 0.1) is 18.8 Å². The highest BCUT2D eigenvalue weighted by molar-refractivity contribution is 5.34. The number of anilines is 1. The number of hydrogen-bond donors (Lipinski definition) is 1. The average Bonchev–Trinajstić information content (AvgIpc) is 2.85. The predicted molar refractivity (Wildman–Crippen MR) is 82.6 cm³/mol. The Balaban J connectivity index is 2.24. The summed E-state index contributed by atoms with van der Waals surface area (Å²) in [6.45, 7) is 7.29. The molecule has 4 nitrogen and oxygen atoms in total. The maximum atomic E-state index is 5.20. The van der Waals surface area contributed by atoms with Crippen LogP contribution >= 0.6 is 0 Å². The first-order valence-corrected chi connectivity index (χ1v) is 7.09. The van der Waals surface area contributed by atoms with Crippen LogP contribution in [0.3, 0.4) is 0 Å². The Kier molecular flexibility index (Phi) is 4.66. The number of nitrogens with zero attached hydrogens (tertiary/aromatic N) is 2. The molecule has 0 aliphatic carbocycles. The van der Waals surface area contributed by atoms with Crippen LogP contribution in [0.4, 0.5) is 5.95 Å². The first-order valence-electron chi connectivity index (χ1n) is 7.09. The van der Waals surface area contributed by atoms with Crippen LogP contribution in [-0.2, 0) is 0 Å². The van der Waals surface area contributed by atoms with Crippen molar-refractivity contribution in [3.8, 4) is 5.75 Å². The molecule has 1 aromatic heterocycles. The zero-order chi connectivity index (χ0) is 14.5. The topological polar surface area (TPSA) is 39.1 Å². The molecule has 4 heteroatoms. The lowest BCUT2D eigenvalue weighted by Crippen LogP contribution is -2.12. The molecule has 20 heavy (non-hydrogen) atoms. The molecule has 108 valence electrons. The fourth-order valence-corrected chi connectivity index (χ4v) is 2.22. The van der Waals surface area contributed by atoms with E-state index in [1.54, 1.807) is 7.11 Å². The van der Waals surface area contributed by atoms with Gasteiger partial charge in [0.15, 0.2) is 0 Å². The normalized spacial score (nSPS) is 12.2. The quantitative estimate of drug-likeness (QED) is 0.873. The summed E-state index contributed by atoms with van der Waals surface area (Å²) in [4.78, 5) is 4.56. The molecule has 0 bridgehead atoms. The smallest absolute Gasteiger partial charge is 0.203 e. The maximum Gasteiger partial charge on any atom is 0.203 e. The van der Waals surface area contributed by atoms with E-state index in [-0.39, 0.29) is 6.04 Å². The van der Waals surface area contributed by atoms with E-state index in [0.717, 1.165) is 30.4 Å². The molecule has 2 rings (SSSR count). The van der Waals surface area contributed by atoms with E-state index in [2.05, 4.69) is 47.0 Å². The highest BCUT2D eigenvalue weighted by Crippen LogP contribution is 2.24. The average molecular weight is 273 g/mol. The summed E-state index contributed by atoms with van der Waals surface area (Å²) in [5.74, 6) is 1.82. The number of aryl methyl sites for hydroxylation is 1. The summed E-state index contributed by atoms with van der Waals surface area (Å²) >= 11 is 0. The summed E-state index contributed by atoms with van der Waals surface area (Å²) in [6, 6.07) is 8.43. The highest BCUT2D eigenvalue weighted by Gasteiger charge is 2.13. The number of ether oxygens (including phenoxy) is 1. The third kappa shape index (κ3) is 3.13. The zero-order valence-corrected chi connectivity index (χ0v) is 12.7. The molecular weight excluding hydrogens is 250 g/mol. The van der Waals surface area contributed by atoms with Gasteiger partial charge in [-0.2, -0.15) is 0 Å². The molecule has 0 amide bonds. The Morgan fingerprint density at radius 1 is 1.30 bits per heavy atom. The van der Waals surface area contributed by atoms with Gasteiger partial charge in [-0.15, -0.1) is 0 Å². The van der Waals surface area contributed by atoms with Gasteiger partial charge in [0, 0.05) is 12.7 Å². The molecule has 0 aliphatic heterocycles. The summed E-state index contributed by atoms with van der Waals surface area (Å²) in [7, 11) is 1.68. The van der Waals surface area contributed by atoms with Crippen LogP contribution in [0.15, 0.2) is 30.5 Å². The molecule has 0 saturated heterocycles. The lowest BCUT2D eigenvalue weighted by molar-refractivity contribution is 0.414. The maximum absolute atomic E-state index is 5.20. The first kappa shape index (κ1) is 14.4. The van der Waals surface area contributed by atoms with Crippen molar-refractivity contribution in [2.75, 3.05) is 19.0 Å². The third-order valence-electron chi connectivity index (χ3n) is 3.40. The number of nitrogens with one attached hydrogen (secondary N) is 1. The molecule has 0 aliphatic rings. The van der Waals surface area contributed by atoms with Crippen molar-refractivity contribution in [2.45, 2.75) is 33.2 Å². The van der Waals surface area contributed by atoms with Crippen molar-refractivity contribution in [1.82, 2.24) is 9.55 Å². The molecule has 2 aromatic rings. The summed E-state index contributed by atoms with van der Waals surface area (Å²) in [5, 5.41) is 3.38. The van der Waals surface area contributed by atoms with Gasteiger partial charge in [0.25, 0.3) is 0 Å². The monoisotopic (exact) mass is 273 g/mol. The van der Waals surface area contributed by atoms with Gasteiger partial charge in [-0.1, -0.05) is 19.1 Å². The Hall–Kier alpha value is -1.97. The molecule has 1 heterocycles. The standard InChI is InChI=1S/C16H23N3O/c1-5-10-17-16-18-12(2)11-19(16)13(3)14-6-8-15(20-4)9-7-14/h6-9,11,13H,5,10H2,1-4H3,(H,17,18). The van der Waals surface area contributed by atoms with E-state index in [0.29, 0.717) is 0 Å². The molecule has 0 fully saturated rings. The number of imidazole rings is 1. The van der Waals surface area contributed by atoms with Gasteiger partial charge >= 0.3 is 0 Å². The Bertz CT molecular complexity index is 545. The van der Waals surface area contributed by atoms with Gasteiger partial charge < -0.3 is 14.6 Å². The van der Waals surface area contributed by atoms with Crippen molar-refractivity contribution < 1.29 is 4.74 Å². The van der Waals surface area contributed by atoms with E-state index in [1.165, 1.54) is 5.56 Å². The molecule has 0 radical (unpaired) electrons. The summed E-state index contributed by atoms with van der Waals surface area (Å²) < 4.78 is 7.39. The van der Waals surface area contributed by atoms with Crippen molar-refractivity contribution in [3.05, 3.63) is 41.7 Å². The zero-order valence-electron chi connectivity index (χ0n) is 12.7. The minimum Gasteiger partial charge on any atom is -0.497 e. The van der Waals surface area contributed by atoms with Crippen molar-refractivity contribution in [1.29, 1.82) is 0 Å². The van der Waals surface area contributed by atoms with Crippen molar-refractivity contribution in [2.24, 2.45) is 0 Å². The van der Waals surface area contributed by atoms with Gasteiger partial charge in [-0.05, 0) is 38.0 Å². The fraction of sp³-hybridized carbons (Fsp3) is 0.438. The Labute approximate surface area is 120 Å². The van der Waals surface area contributed by atoms with Crippen molar-refractivity contribution >= 4 is 5.95 Å². The Morgan fingerprint density at radius 2 is 2.00 bits per heavy atom. The summed E-state index contributed by atoms with van der Waals surface area (Å²) in [6.07, 6.45) is 3.18. The number of hydrogen-bond acceptors (Lipinski definition) is 3. The van der Waals surface area contributed by atoms with Crippen LogP contribution in [-0.4, -0.2) is 23.2 Å². The van der Waals surface area contributed by atoms with Crippen molar-refractivity contribution in [3.63, 3.8) is 0 Å². The fourth-order valence-electron chi connectivity index (χ4n) is 2.22. The largest absolute Gasteiger partial charge is 0.497 e. The van der Waals surface area contributed by atoms with E-state index < -0.39 is 0 Å². The predicted octanol–water partition coefficient (Wildman–Crippen LogP) is 3.63. The third-order valence-corrected chi connectivity index (χ3v) is 3.40. The molecule has 1 unspecified atom stereocenters. The van der Waals surface area contributed by atoms with Crippen LogP contribution in [0.5, 0.6) is 5.75 Å². The molecule has 1 aromatic carbocycles. The van der Waals surface area contributed by atoms with Crippen LogP contribution in [0.2, 0.25) is 0 Å². The Morgan fingerprint density at radius 3 is 2.60 bits per heavy atom. The van der Waals surface area contributed by atoms with Gasteiger partial charge in [0.1, 0.15) is 5.75 Å². The van der Waals surface area contributed by atoms with E-state index in [9.17, 15) is 0 Å². The highest BCUT2D eigenvalue weighted by atomic mass is 16.5. The molecule has 1 N–H and O–H groups in total. The second-order valence-corrected chi connectivity index (χ2v) is 4.99. The molecule has 0 spiro atoms. The molecule has 1 atom stereocenters. The van der Waals surface area contributed by atoms with Gasteiger partial charge in [0.2, 0.25) is 5.95 Å². The molecule has 0 saturated carbocycles. The van der Waals surface area contributed by atoms with Crippen LogP contribution in [0.1, 0.15) is 37.6 Å². The summed E-state index contributed by atoms with van der Waals surface area (Å²) in [5.41, 5.74) is 2.27. The minimum absolute atomic E-state index is 0.237. The second-order valence-electron chi connectivity index (χ2n) is 4.99. The van der Waals surface area contributed by atoms with Crippen LogP contribution in [0, 0.1) is 6.92 Å². The van der Waals surface area contributed by atoms with E-state index >= 15 is 0 Å². The first-order chi connectivity index (χ1) is 9.65. The van der Waals surface area contributed by atoms with E-state index in [1.807, 2.05) is 19.1 Å². The van der Waals surface area contributed by atoms with E-state index in [4.69, 9.17) is 4.74 Å². The second kappa shape index (κ2) is 6.46. The van der Waals surface area contributed by atoms with Gasteiger partial charge in [-0.25, -0.2) is 4.98 Å². The minimum atomic E-state index is 0.237. The molecular formula is C16H23N3O.